The van der Waals surface area contributed by atoms with Crippen LogP contribution in [0, 0.1) is 5.82 Å². The fraction of sp³-hybridized carbons (Fsp3) is 0.316. The molecule has 0 fully saturated rings. The highest BCUT2D eigenvalue weighted by Gasteiger charge is 2.27. The Balaban J connectivity index is 2.52. The fourth-order valence-electron chi connectivity index (χ4n) is 3.03. The number of carbonyl (C=O) groups is 1. The van der Waals surface area contributed by atoms with Gasteiger partial charge in [-0.1, -0.05) is 48.3 Å². The summed E-state index contributed by atoms with van der Waals surface area (Å²) in [6.07, 6.45) is 0.240. The van der Waals surface area contributed by atoms with Crippen LogP contribution in [0.1, 0.15) is 43.2 Å². The number of anilines is 1. The first-order valence-electron chi connectivity index (χ1n) is 7.75. The van der Waals surface area contributed by atoms with E-state index in [2.05, 4.69) is 5.32 Å². The maximum atomic E-state index is 14.5. The topological polar surface area (TPSA) is 29.1 Å². The van der Waals surface area contributed by atoms with Crippen molar-refractivity contribution < 1.29 is 9.18 Å². The average molecular weight is 368 g/mol. The first-order valence-corrected chi connectivity index (χ1v) is 8.51. The van der Waals surface area contributed by atoms with Gasteiger partial charge in [0, 0.05) is 30.1 Å². The van der Waals surface area contributed by atoms with Crippen molar-refractivity contribution >= 4 is 34.7 Å². The lowest BCUT2D eigenvalue weighted by molar-refractivity contribution is -0.117. The Morgan fingerprint density at radius 3 is 2.54 bits per heavy atom. The monoisotopic (exact) mass is 367 g/mol. The molecule has 0 aliphatic carbocycles. The summed E-state index contributed by atoms with van der Waals surface area (Å²) in [6.45, 7) is 3.50. The lowest BCUT2D eigenvalue weighted by Gasteiger charge is -2.26. The second kappa shape index (κ2) is 8.00. The lowest BCUT2D eigenvalue weighted by Crippen LogP contribution is -2.15. The van der Waals surface area contributed by atoms with Gasteiger partial charge in [0.15, 0.2) is 0 Å². The summed E-state index contributed by atoms with van der Waals surface area (Å²) in [5.41, 5.74) is 2.31. The fourth-order valence-corrected chi connectivity index (χ4v) is 3.39. The van der Waals surface area contributed by atoms with Crippen LogP contribution >= 0.6 is 23.2 Å². The van der Waals surface area contributed by atoms with Crippen LogP contribution in [-0.2, 0) is 4.79 Å². The van der Waals surface area contributed by atoms with Gasteiger partial charge in [0.25, 0.3) is 0 Å². The van der Waals surface area contributed by atoms with Gasteiger partial charge < -0.3 is 10.1 Å². The summed E-state index contributed by atoms with van der Waals surface area (Å²) in [5, 5.41) is 3.80. The number of carbonyl (C=O) groups excluding carboxylic acids is 1. The predicted octanol–water partition coefficient (Wildman–Crippen LogP) is 6.04. The van der Waals surface area contributed by atoms with Crippen LogP contribution < -0.4 is 5.32 Å². The Hall–Kier alpha value is -1.58. The van der Waals surface area contributed by atoms with Gasteiger partial charge in [-0.15, -0.1) is 0 Å². The van der Waals surface area contributed by atoms with Crippen LogP contribution in [0.15, 0.2) is 36.4 Å². The predicted molar refractivity (Wildman–Crippen MR) is 98.9 cm³/mol. The van der Waals surface area contributed by atoms with Crippen LogP contribution in [0.2, 0.25) is 10.0 Å². The van der Waals surface area contributed by atoms with E-state index in [1.54, 1.807) is 18.2 Å². The number of hydrogen-bond acceptors (Lipinski definition) is 2. The van der Waals surface area contributed by atoms with Crippen molar-refractivity contribution in [2.75, 3.05) is 12.4 Å². The van der Waals surface area contributed by atoms with Crippen molar-refractivity contribution in [1.82, 2.24) is 0 Å². The van der Waals surface area contributed by atoms with Gasteiger partial charge in [-0.3, -0.25) is 0 Å². The highest BCUT2D eigenvalue weighted by Crippen LogP contribution is 2.41. The Labute approximate surface area is 152 Å². The van der Waals surface area contributed by atoms with E-state index in [1.807, 2.05) is 26.1 Å². The van der Waals surface area contributed by atoms with Crippen LogP contribution in [0.3, 0.4) is 0 Å². The maximum Gasteiger partial charge on any atom is 0.145 e. The molecular formula is C19H20Cl2FNO. The van der Waals surface area contributed by atoms with Crippen molar-refractivity contribution in [2.24, 2.45) is 0 Å². The van der Waals surface area contributed by atoms with Crippen LogP contribution in [0.5, 0.6) is 0 Å². The summed E-state index contributed by atoms with van der Waals surface area (Å²) in [4.78, 5) is 11.8. The quantitative estimate of drug-likeness (QED) is 0.673. The van der Waals surface area contributed by atoms with E-state index in [-0.39, 0.29) is 29.1 Å². The highest BCUT2D eigenvalue weighted by atomic mass is 35.5. The third-order valence-corrected chi connectivity index (χ3v) is 4.79. The Morgan fingerprint density at radius 2 is 1.92 bits per heavy atom. The molecule has 0 bridgehead atoms. The molecule has 24 heavy (non-hydrogen) atoms. The van der Waals surface area contributed by atoms with Gasteiger partial charge in [0.1, 0.15) is 11.6 Å². The molecule has 0 heterocycles. The van der Waals surface area contributed by atoms with E-state index >= 15 is 0 Å². The van der Waals surface area contributed by atoms with Crippen molar-refractivity contribution in [1.29, 1.82) is 0 Å². The van der Waals surface area contributed by atoms with E-state index in [0.717, 1.165) is 11.3 Å². The van der Waals surface area contributed by atoms with E-state index in [4.69, 9.17) is 23.2 Å². The molecule has 0 aliphatic rings. The van der Waals surface area contributed by atoms with Gasteiger partial charge in [-0.2, -0.15) is 0 Å². The number of Topliss-reactive ketones (excluding diaryl/α,β-unsaturated/α-hetero) is 1. The molecule has 0 spiro atoms. The zero-order valence-electron chi connectivity index (χ0n) is 13.9. The number of rotatable bonds is 6. The van der Waals surface area contributed by atoms with Crippen LogP contribution in [0.4, 0.5) is 10.1 Å². The first kappa shape index (κ1) is 18.8. The molecule has 2 aromatic carbocycles. The van der Waals surface area contributed by atoms with Crippen molar-refractivity contribution in [2.45, 2.75) is 32.1 Å². The smallest absolute Gasteiger partial charge is 0.145 e. The lowest BCUT2D eigenvalue weighted by atomic mass is 9.79. The molecule has 1 N–H and O–H groups in total. The molecule has 2 nitrogen and oxygen atoms in total. The second-order valence-electron chi connectivity index (χ2n) is 5.93. The average Bonchev–Trinajstić information content (AvgIpc) is 2.54. The molecule has 128 valence electrons. The SMILES string of the molecule is CNc1cc(Cl)ccc1C(C)C(CC(C)=O)c1cccc(Cl)c1F. The van der Waals surface area contributed by atoms with E-state index in [0.29, 0.717) is 10.6 Å². The summed E-state index contributed by atoms with van der Waals surface area (Å²) in [5.74, 6) is -0.862. The number of nitrogens with one attached hydrogen (secondary N) is 1. The van der Waals surface area contributed by atoms with Crippen LogP contribution in [-0.4, -0.2) is 12.8 Å². The van der Waals surface area contributed by atoms with E-state index in [1.165, 1.54) is 13.0 Å². The third kappa shape index (κ3) is 4.08. The van der Waals surface area contributed by atoms with Crippen LogP contribution in [0.25, 0.3) is 0 Å². The van der Waals surface area contributed by atoms with Crippen molar-refractivity contribution in [3.63, 3.8) is 0 Å². The largest absolute Gasteiger partial charge is 0.388 e. The molecular weight excluding hydrogens is 348 g/mol. The molecule has 0 aromatic heterocycles. The van der Waals surface area contributed by atoms with E-state index in [9.17, 15) is 9.18 Å². The second-order valence-corrected chi connectivity index (χ2v) is 6.77. The van der Waals surface area contributed by atoms with Gasteiger partial charge in [-0.05, 0) is 42.2 Å². The number of halogens is 3. The Kier molecular flexibility index (Phi) is 6.25. The number of hydrogen-bond donors (Lipinski definition) is 1. The Morgan fingerprint density at radius 1 is 1.21 bits per heavy atom. The van der Waals surface area contributed by atoms with Crippen molar-refractivity contribution in [3.8, 4) is 0 Å². The summed E-state index contributed by atoms with van der Waals surface area (Å²) >= 11 is 12.0. The molecule has 0 radical (unpaired) electrons. The molecule has 2 atom stereocenters. The Bertz CT molecular complexity index is 748. The summed E-state index contributed by atoms with van der Waals surface area (Å²) in [7, 11) is 1.81. The minimum absolute atomic E-state index is 0.00574. The van der Waals surface area contributed by atoms with Gasteiger partial charge >= 0.3 is 0 Å². The minimum Gasteiger partial charge on any atom is -0.388 e. The van der Waals surface area contributed by atoms with Gasteiger partial charge in [0.05, 0.1) is 5.02 Å². The van der Waals surface area contributed by atoms with Gasteiger partial charge in [-0.25, -0.2) is 4.39 Å². The standard InChI is InChI=1S/C19H20Cl2FNO/c1-11(24)9-16(15-5-4-6-17(21)19(15)22)12(2)14-8-7-13(20)10-18(14)23-3/h4-8,10,12,16,23H,9H2,1-3H3. The summed E-state index contributed by atoms with van der Waals surface area (Å²) < 4.78 is 14.5. The highest BCUT2D eigenvalue weighted by molar-refractivity contribution is 6.31. The third-order valence-electron chi connectivity index (χ3n) is 4.27. The number of benzene rings is 2. The zero-order chi connectivity index (χ0) is 17.9. The molecule has 0 aliphatic heterocycles. The van der Waals surface area contributed by atoms with E-state index < -0.39 is 5.82 Å². The molecule has 0 saturated carbocycles. The maximum absolute atomic E-state index is 14.5. The first-order chi connectivity index (χ1) is 11.3. The summed E-state index contributed by atoms with van der Waals surface area (Å²) in [6, 6.07) is 10.5. The minimum atomic E-state index is -0.461. The normalized spacial score (nSPS) is 13.4. The molecule has 2 unspecified atom stereocenters. The number of ketones is 1. The van der Waals surface area contributed by atoms with Crippen molar-refractivity contribution in [3.05, 3.63) is 63.4 Å². The zero-order valence-corrected chi connectivity index (χ0v) is 15.4. The molecule has 0 amide bonds. The molecule has 2 aromatic rings. The molecule has 5 heteroatoms. The van der Waals surface area contributed by atoms with Gasteiger partial charge in [0.2, 0.25) is 0 Å². The molecule has 2 rings (SSSR count). The molecule has 0 saturated heterocycles.